The number of nitrogens with one attached hydrogen (secondary N) is 1. The average Bonchev–Trinajstić information content (AvgIpc) is 3.21. The van der Waals surface area contributed by atoms with Gasteiger partial charge >= 0.3 is 0 Å². The Morgan fingerprint density at radius 3 is 2.81 bits per heavy atom. The Hall–Kier alpha value is -2.31. The molecule has 2 saturated carbocycles. The van der Waals surface area contributed by atoms with Crippen molar-refractivity contribution in [3.05, 3.63) is 23.3 Å². The average molecular weight is 368 g/mol. The number of aryl methyl sites for hydroxylation is 2. The number of hydrogen-bond acceptors (Lipinski definition) is 5. The van der Waals surface area contributed by atoms with Gasteiger partial charge in [0.2, 0.25) is 5.91 Å². The summed E-state index contributed by atoms with van der Waals surface area (Å²) in [5.41, 5.74) is 7.27. The minimum Gasteiger partial charge on any atom is -0.273 e. The zero-order chi connectivity index (χ0) is 19.4. The molecule has 0 saturated heterocycles. The molecule has 2 bridgehead atoms. The number of aromatic nitrogens is 4. The predicted octanol–water partition coefficient (Wildman–Crippen LogP) is 2.99. The van der Waals surface area contributed by atoms with E-state index in [1.165, 1.54) is 19.2 Å². The van der Waals surface area contributed by atoms with Gasteiger partial charge in [-0.2, -0.15) is 15.2 Å². The van der Waals surface area contributed by atoms with Crippen LogP contribution in [0.25, 0.3) is 5.78 Å². The second kappa shape index (κ2) is 6.11. The Labute approximate surface area is 159 Å². The minimum atomic E-state index is -0.0517. The topological polar surface area (TPSA) is 84.5 Å². The van der Waals surface area contributed by atoms with Gasteiger partial charge in [-0.1, -0.05) is 20.8 Å². The first kappa shape index (κ1) is 18.1. The molecular weight excluding hydrogens is 340 g/mol. The van der Waals surface area contributed by atoms with Gasteiger partial charge in [0.15, 0.2) is 0 Å². The molecule has 1 N–H and O–H groups in total. The zero-order valence-corrected chi connectivity index (χ0v) is 16.8. The van der Waals surface area contributed by atoms with Gasteiger partial charge in [0.25, 0.3) is 5.78 Å². The van der Waals surface area contributed by atoms with E-state index in [1.54, 1.807) is 4.52 Å². The first-order chi connectivity index (χ1) is 12.7. The van der Waals surface area contributed by atoms with Crippen molar-refractivity contribution in [3.63, 3.8) is 0 Å². The van der Waals surface area contributed by atoms with Gasteiger partial charge in [0, 0.05) is 28.9 Å². The molecule has 0 spiro atoms. The summed E-state index contributed by atoms with van der Waals surface area (Å²) in [6, 6.07) is 0. The molecule has 2 aliphatic carbocycles. The number of amides is 1. The van der Waals surface area contributed by atoms with Crippen LogP contribution in [-0.2, 0) is 11.2 Å². The number of fused-ring (bicyclic) bond motifs is 3. The molecule has 2 atom stereocenters. The van der Waals surface area contributed by atoms with Crippen LogP contribution in [0.5, 0.6) is 0 Å². The molecular formula is C20H28N6O. The number of carbonyl (C=O) groups is 1. The van der Waals surface area contributed by atoms with E-state index in [1.807, 2.05) is 13.8 Å². The van der Waals surface area contributed by atoms with E-state index in [0.717, 1.165) is 29.1 Å². The summed E-state index contributed by atoms with van der Waals surface area (Å²) in [5, 5.41) is 8.75. The zero-order valence-electron chi connectivity index (χ0n) is 16.8. The fourth-order valence-corrected chi connectivity index (χ4v) is 5.04. The highest BCUT2D eigenvalue weighted by Gasteiger charge is 2.59. The Morgan fingerprint density at radius 2 is 2.15 bits per heavy atom. The van der Waals surface area contributed by atoms with Crippen LogP contribution in [0.15, 0.2) is 11.4 Å². The molecule has 2 aliphatic rings. The van der Waals surface area contributed by atoms with Crippen molar-refractivity contribution in [2.24, 2.45) is 21.8 Å². The number of nitrogens with zero attached hydrogens (tertiary/aromatic N) is 5. The van der Waals surface area contributed by atoms with Crippen LogP contribution in [0.3, 0.4) is 0 Å². The molecule has 7 heteroatoms. The lowest BCUT2D eigenvalue weighted by Gasteiger charge is -2.34. The molecule has 1 amide bonds. The maximum atomic E-state index is 12.4. The van der Waals surface area contributed by atoms with E-state index in [0.29, 0.717) is 24.5 Å². The minimum absolute atomic E-state index is 0.0517. The number of hydrazone groups is 1. The molecule has 2 aromatic rings. The number of rotatable bonds is 4. The third kappa shape index (κ3) is 2.66. The standard InChI is InChI=1S/C20H28N6O/c1-12-15(13(2)26-18(23-12)21-11-22-26)6-7-17(27)25-24-16-10-14-8-9-20(16,5)19(14,3)4/h11,14H,6-10H2,1-5H3,(H,25,27)/b24-16-/t14-,20-/m0/s1. The van der Waals surface area contributed by atoms with Gasteiger partial charge < -0.3 is 0 Å². The molecule has 0 radical (unpaired) electrons. The maximum Gasteiger partial charge on any atom is 0.252 e. The summed E-state index contributed by atoms with van der Waals surface area (Å²) in [6.45, 7) is 10.9. The van der Waals surface area contributed by atoms with Gasteiger partial charge in [-0.05, 0) is 56.4 Å². The quantitative estimate of drug-likeness (QED) is 0.841. The molecule has 0 aliphatic heterocycles. The molecule has 0 unspecified atom stereocenters. The first-order valence-corrected chi connectivity index (χ1v) is 9.76. The predicted molar refractivity (Wildman–Crippen MR) is 103 cm³/mol. The SMILES string of the molecule is Cc1nc2ncnn2c(C)c1CCC(=O)N/N=C1/C[C@@H]2CC[C@]1(C)C2(C)C. The summed E-state index contributed by atoms with van der Waals surface area (Å²) < 4.78 is 1.72. The molecule has 2 aromatic heterocycles. The van der Waals surface area contributed by atoms with Gasteiger partial charge in [-0.15, -0.1) is 0 Å². The molecule has 2 fully saturated rings. The van der Waals surface area contributed by atoms with Crippen LogP contribution < -0.4 is 5.43 Å². The first-order valence-electron chi connectivity index (χ1n) is 9.76. The molecule has 144 valence electrons. The molecule has 0 aromatic carbocycles. The summed E-state index contributed by atoms with van der Waals surface area (Å²) in [6.07, 6.45) is 5.94. The fourth-order valence-electron chi connectivity index (χ4n) is 5.04. The van der Waals surface area contributed by atoms with Crippen molar-refractivity contribution >= 4 is 17.4 Å². The van der Waals surface area contributed by atoms with Crippen LogP contribution in [0.2, 0.25) is 0 Å². The van der Waals surface area contributed by atoms with Gasteiger partial charge in [-0.25, -0.2) is 14.9 Å². The lowest BCUT2D eigenvalue weighted by atomic mass is 9.70. The largest absolute Gasteiger partial charge is 0.273 e. The van der Waals surface area contributed by atoms with Crippen molar-refractivity contribution in [2.75, 3.05) is 0 Å². The van der Waals surface area contributed by atoms with E-state index >= 15 is 0 Å². The lowest BCUT2D eigenvalue weighted by Crippen LogP contribution is -2.34. The summed E-state index contributed by atoms with van der Waals surface area (Å²) in [5.74, 6) is 1.23. The smallest absolute Gasteiger partial charge is 0.252 e. The van der Waals surface area contributed by atoms with Crippen molar-refractivity contribution in [3.8, 4) is 0 Å². The highest BCUT2D eigenvalue weighted by molar-refractivity contribution is 5.95. The highest BCUT2D eigenvalue weighted by Crippen LogP contribution is 2.63. The van der Waals surface area contributed by atoms with Crippen LogP contribution in [0.1, 0.15) is 63.4 Å². The maximum absolute atomic E-state index is 12.4. The van der Waals surface area contributed by atoms with Gasteiger partial charge in [0.05, 0.1) is 0 Å². The van der Waals surface area contributed by atoms with Crippen LogP contribution in [-0.4, -0.2) is 31.2 Å². The van der Waals surface area contributed by atoms with Crippen LogP contribution in [0.4, 0.5) is 0 Å². The van der Waals surface area contributed by atoms with E-state index < -0.39 is 0 Å². The summed E-state index contributed by atoms with van der Waals surface area (Å²) in [7, 11) is 0. The van der Waals surface area contributed by atoms with Crippen molar-refractivity contribution in [1.29, 1.82) is 0 Å². The second-order valence-corrected chi connectivity index (χ2v) is 8.82. The molecule has 2 heterocycles. The fraction of sp³-hybridized carbons (Fsp3) is 0.650. The summed E-state index contributed by atoms with van der Waals surface area (Å²) >= 11 is 0. The number of carbonyl (C=O) groups excluding carboxylic acids is 1. The Balaban J connectivity index is 1.43. The van der Waals surface area contributed by atoms with E-state index in [9.17, 15) is 4.79 Å². The van der Waals surface area contributed by atoms with E-state index in [-0.39, 0.29) is 16.7 Å². The third-order valence-corrected chi connectivity index (χ3v) is 7.42. The summed E-state index contributed by atoms with van der Waals surface area (Å²) in [4.78, 5) is 21.0. The Morgan fingerprint density at radius 1 is 1.37 bits per heavy atom. The highest BCUT2D eigenvalue weighted by atomic mass is 16.2. The Kier molecular flexibility index (Phi) is 4.09. The van der Waals surface area contributed by atoms with Gasteiger partial charge in [-0.3, -0.25) is 4.79 Å². The van der Waals surface area contributed by atoms with Crippen molar-refractivity contribution in [1.82, 2.24) is 25.0 Å². The molecule has 4 rings (SSSR count). The monoisotopic (exact) mass is 368 g/mol. The van der Waals surface area contributed by atoms with Crippen molar-refractivity contribution < 1.29 is 4.79 Å². The van der Waals surface area contributed by atoms with Crippen LogP contribution >= 0.6 is 0 Å². The second-order valence-electron chi connectivity index (χ2n) is 8.82. The number of hydrogen-bond donors (Lipinski definition) is 1. The molecule has 27 heavy (non-hydrogen) atoms. The molecule has 7 nitrogen and oxygen atoms in total. The van der Waals surface area contributed by atoms with Gasteiger partial charge in [0.1, 0.15) is 6.33 Å². The lowest BCUT2D eigenvalue weighted by molar-refractivity contribution is -0.121. The van der Waals surface area contributed by atoms with Crippen molar-refractivity contribution in [2.45, 2.75) is 66.7 Å². The normalized spacial score (nSPS) is 27.6. The van der Waals surface area contributed by atoms with Crippen LogP contribution in [0, 0.1) is 30.6 Å². The third-order valence-electron chi connectivity index (χ3n) is 7.42. The van der Waals surface area contributed by atoms with E-state index in [4.69, 9.17) is 0 Å². The van der Waals surface area contributed by atoms with E-state index in [2.05, 4.69) is 46.4 Å². The Bertz CT molecular complexity index is 943.